The second-order valence-corrected chi connectivity index (χ2v) is 5.61. The number of anilines is 1. The minimum absolute atomic E-state index is 0.141. The van der Waals surface area contributed by atoms with E-state index in [9.17, 15) is 4.79 Å². The third-order valence-corrected chi connectivity index (χ3v) is 3.87. The highest BCUT2D eigenvalue weighted by atomic mass is 16.1. The van der Waals surface area contributed by atoms with Crippen LogP contribution in [0.15, 0.2) is 24.3 Å². The van der Waals surface area contributed by atoms with Gasteiger partial charge in [0.2, 0.25) is 5.91 Å². The summed E-state index contributed by atoms with van der Waals surface area (Å²) in [6.45, 7) is 8.18. The Hall–Kier alpha value is -1.35. The number of nitrogens with one attached hydrogen (secondary N) is 2. The molecule has 1 amide bonds. The van der Waals surface area contributed by atoms with Crippen LogP contribution in [-0.4, -0.2) is 12.5 Å². The maximum Gasteiger partial charge on any atom is 0.224 e. The standard InChI is InChI=1S/C18H30N2O/c1-4-7-10-15(5-2)13-18(21)20-17-12-9-8-11-16(17)14-19-6-3/h8-9,11-12,15,19H,4-7,10,13-14H2,1-3H3,(H,20,21). The van der Waals surface area contributed by atoms with Crippen LogP contribution in [-0.2, 0) is 11.3 Å². The van der Waals surface area contributed by atoms with Crippen molar-refractivity contribution in [1.29, 1.82) is 0 Å². The Bertz CT molecular complexity index is 417. The average molecular weight is 290 g/mol. The summed E-state index contributed by atoms with van der Waals surface area (Å²) in [5, 5.41) is 6.39. The molecule has 1 aromatic carbocycles. The molecule has 21 heavy (non-hydrogen) atoms. The van der Waals surface area contributed by atoms with Crippen LogP contribution in [0.4, 0.5) is 5.69 Å². The summed E-state index contributed by atoms with van der Waals surface area (Å²) < 4.78 is 0. The Balaban J connectivity index is 2.57. The summed E-state index contributed by atoms with van der Waals surface area (Å²) in [5.74, 6) is 0.646. The van der Waals surface area contributed by atoms with Crippen LogP contribution in [0.1, 0.15) is 58.4 Å². The molecule has 3 heteroatoms. The third-order valence-electron chi connectivity index (χ3n) is 3.87. The van der Waals surface area contributed by atoms with Gasteiger partial charge in [-0.1, -0.05) is 58.2 Å². The molecule has 0 radical (unpaired) electrons. The molecule has 0 bridgehead atoms. The van der Waals surface area contributed by atoms with Gasteiger partial charge in [-0.05, 0) is 30.5 Å². The van der Waals surface area contributed by atoms with E-state index in [1.807, 2.05) is 18.2 Å². The summed E-state index contributed by atoms with van der Waals surface area (Å²) in [5.41, 5.74) is 2.09. The van der Waals surface area contributed by atoms with Gasteiger partial charge in [0.15, 0.2) is 0 Å². The van der Waals surface area contributed by atoms with Crippen molar-refractivity contribution >= 4 is 11.6 Å². The zero-order valence-electron chi connectivity index (χ0n) is 13.7. The van der Waals surface area contributed by atoms with E-state index in [0.717, 1.165) is 37.2 Å². The van der Waals surface area contributed by atoms with E-state index in [4.69, 9.17) is 0 Å². The highest BCUT2D eigenvalue weighted by molar-refractivity contribution is 5.91. The maximum absolute atomic E-state index is 12.2. The van der Waals surface area contributed by atoms with Crippen molar-refractivity contribution in [3.63, 3.8) is 0 Å². The molecule has 0 heterocycles. The molecule has 1 rings (SSSR count). The third kappa shape index (κ3) is 6.76. The number of carbonyl (C=O) groups is 1. The van der Waals surface area contributed by atoms with Crippen molar-refractivity contribution in [2.24, 2.45) is 5.92 Å². The van der Waals surface area contributed by atoms with Crippen LogP contribution < -0.4 is 10.6 Å². The van der Waals surface area contributed by atoms with E-state index in [-0.39, 0.29) is 5.91 Å². The summed E-state index contributed by atoms with van der Waals surface area (Å²) >= 11 is 0. The molecule has 0 aromatic heterocycles. The Kier molecular flexibility index (Phi) is 8.76. The molecular formula is C18H30N2O. The number of rotatable bonds is 10. The van der Waals surface area contributed by atoms with Gasteiger partial charge in [0, 0.05) is 18.7 Å². The first-order valence-corrected chi connectivity index (χ1v) is 8.29. The van der Waals surface area contributed by atoms with Crippen molar-refractivity contribution in [1.82, 2.24) is 5.32 Å². The number of hydrogen-bond donors (Lipinski definition) is 2. The largest absolute Gasteiger partial charge is 0.326 e. The molecule has 2 N–H and O–H groups in total. The first-order valence-electron chi connectivity index (χ1n) is 8.29. The molecule has 1 unspecified atom stereocenters. The lowest BCUT2D eigenvalue weighted by atomic mass is 9.95. The molecular weight excluding hydrogens is 260 g/mol. The van der Waals surface area contributed by atoms with E-state index in [0.29, 0.717) is 12.3 Å². The van der Waals surface area contributed by atoms with Gasteiger partial charge >= 0.3 is 0 Å². The summed E-state index contributed by atoms with van der Waals surface area (Å²) in [4.78, 5) is 12.2. The number of carbonyl (C=O) groups excluding carboxylic acids is 1. The van der Waals surface area contributed by atoms with Crippen molar-refractivity contribution in [2.75, 3.05) is 11.9 Å². The molecule has 0 fully saturated rings. The first-order chi connectivity index (χ1) is 10.2. The minimum atomic E-state index is 0.141. The SMILES string of the molecule is CCCCC(CC)CC(=O)Nc1ccccc1CNCC. The van der Waals surface area contributed by atoms with Crippen molar-refractivity contribution in [3.8, 4) is 0 Å². The molecule has 0 spiro atoms. The van der Waals surface area contributed by atoms with Gasteiger partial charge in [0.1, 0.15) is 0 Å². The lowest BCUT2D eigenvalue weighted by molar-refractivity contribution is -0.117. The smallest absolute Gasteiger partial charge is 0.224 e. The Morgan fingerprint density at radius 1 is 1.19 bits per heavy atom. The second kappa shape index (κ2) is 10.4. The van der Waals surface area contributed by atoms with Gasteiger partial charge in [-0.25, -0.2) is 0 Å². The monoisotopic (exact) mass is 290 g/mol. The molecule has 0 aliphatic rings. The van der Waals surface area contributed by atoms with E-state index in [2.05, 4.69) is 37.5 Å². The lowest BCUT2D eigenvalue weighted by Gasteiger charge is -2.16. The van der Waals surface area contributed by atoms with Gasteiger partial charge < -0.3 is 10.6 Å². The van der Waals surface area contributed by atoms with Gasteiger partial charge in [-0.3, -0.25) is 4.79 Å². The quantitative estimate of drug-likeness (QED) is 0.673. The topological polar surface area (TPSA) is 41.1 Å². The zero-order valence-corrected chi connectivity index (χ0v) is 13.7. The molecule has 1 atom stereocenters. The van der Waals surface area contributed by atoms with Crippen LogP contribution in [0.2, 0.25) is 0 Å². The predicted molar refractivity (Wildman–Crippen MR) is 90.4 cm³/mol. The fraction of sp³-hybridized carbons (Fsp3) is 0.611. The average Bonchev–Trinajstić information content (AvgIpc) is 2.50. The van der Waals surface area contributed by atoms with Gasteiger partial charge in [0.05, 0.1) is 0 Å². The molecule has 0 saturated heterocycles. The number of hydrogen-bond acceptors (Lipinski definition) is 2. The number of benzene rings is 1. The van der Waals surface area contributed by atoms with Gasteiger partial charge in [0.25, 0.3) is 0 Å². The minimum Gasteiger partial charge on any atom is -0.326 e. The summed E-state index contributed by atoms with van der Waals surface area (Å²) in [7, 11) is 0. The lowest BCUT2D eigenvalue weighted by Crippen LogP contribution is -2.19. The Labute approximate surface area is 129 Å². The van der Waals surface area contributed by atoms with Crippen LogP contribution in [0, 0.1) is 5.92 Å². The molecule has 118 valence electrons. The van der Waals surface area contributed by atoms with E-state index < -0.39 is 0 Å². The van der Waals surface area contributed by atoms with Crippen molar-refractivity contribution in [3.05, 3.63) is 29.8 Å². The first kappa shape index (κ1) is 17.7. The predicted octanol–water partition coefficient (Wildman–Crippen LogP) is 4.34. The van der Waals surface area contributed by atoms with Crippen molar-refractivity contribution in [2.45, 2.75) is 59.4 Å². The van der Waals surface area contributed by atoms with Crippen molar-refractivity contribution < 1.29 is 4.79 Å². The molecule has 0 aliphatic heterocycles. The highest BCUT2D eigenvalue weighted by Crippen LogP contribution is 2.19. The normalized spacial score (nSPS) is 12.1. The number of para-hydroxylation sites is 1. The number of unbranched alkanes of at least 4 members (excludes halogenated alkanes) is 1. The second-order valence-electron chi connectivity index (χ2n) is 5.61. The number of amides is 1. The van der Waals surface area contributed by atoms with Crippen LogP contribution in [0.3, 0.4) is 0 Å². The summed E-state index contributed by atoms with van der Waals surface area (Å²) in [6, 6.07) is 8.03. The van der Waals surface area contributed by atoms with Gasteiger partial charge in [-0.2, -0.15) is 0 Å². The molecule has 3 nitrogen and oxygen atoms in total. The highest BCUT2D eigenvalue weighted by Gasteiger charge is 2.13. The van der Waals surface area contributed by atoms with Gasteiger partial charge in [-0.15, -0.1) is 0 Å². The summed E-state index contributed by atoms with van der Waals surface area (Å²) in [6.07, 6.45) is 5.27. The Morgan fingerprint density at radius 2 is 1.95 bits per heavy atom. The maximum atomic E-state index is 12.2. The fourth-order valence-electron chi connectivity index (χ4n) is 2.46. The van der Waals surface area contributed by atoms with Crippen LogP contribution >= 0.6 is 0 Å². The molecule has 0 saturated carbocycles. The Morgan fingerprint density at radius 3 is 2.62 bits per heavy atom. The fourth-order valence-corrected chi connectivity index (χ4v) is 2.46. The zero-order chi connectivity index (χ0) is 15.5. The van der Waals surface area contributed by atoms with E-state index in [1.54, 1.807) is 0 Å². The van der Waals surface area contributed by atoms with Crippen LogP contribution in [0.25, 0.3) is 0 Å². The van der Waals surface area contributed by atoms with E-state index >= 15 is 0 Å². The molecule has 0 aliphatic carbocycles. The molecule has 1 aromatic rings. The van der Waals surface area contributed by atoms with Crippen LogP contribution in [0.5, 0.6) is 0 Å². The van der Waals surface area contributed by atoms with E-state index in [1.165, 1.54) is 12.8 Å².